The van der Waals surface area contributed by atoms with E-state index in [2.05, 4.69) is 33.9 Å². The van der Waals surface area contributed by atoms with E-state index in [1.807, 2.05) is 0 Å². The summed E-state index contributed by atoms with van der Waals surface area (Å²) in [6.07, 6.45) is 5.99. The van der Waals surface area contributed by atoms with Gasteiger partial charge in [-0.25, -0.2) is 0 Å². The Morgan fingerprint density at radius 3 is 2.29 bits per heavy atom. The minimum Gasteiger partial charge on any atom is -0.378 e. The summed E-state index contributed by atoms with van der Waals surface area (Å²) in [7, 11) is 0. The highest BCUT2D eigenvalue weighted by Gasteiger charge is 2.31. The Bertz CT molecular complexity index is 507. The predicted molar refractivity (Wildman–Crippen MR) is 113 cm³/mol. The Labute approximate surface area is 170 Å². The molecule has 3 fully saturated rings. The Hall–Kier alpha value is -1.34. The number of hydrogen-bond donors (Lipinski definition) is 1. The van der Waals surface area contributed by atoms with Gasteiger partial charge >= 0.3 is 0 Å². The number of aliphatic imine (C=N–C) groups is 1. The van der Waals surface area contributed by atoms with Gasteiger partial charge in [-0.15, -0.1) is 0 Å². The molecular formula is C21H39N5O2. The number of amides is 1. The van der Waals surface area contributed by atoms with E-state index in [0.717, 1.165) is 97.2 Å². The zero-order valence-corrected chi connectivity index (χ0v) is 17.9. The van der Waals surface area contributed by atoms with Crippen LogP contribution in [0.3, 0.4) is 0 Å². The van der Waals surface area contributed by atoms with E-state index in [9.17, 15) is 4.79 Å². The van der Waals surface area contributed by atoms with Crippen LogP contribution in [0.15, 0.2) is 4.99 Å². The zero-order valence-electron chi connectivity index (χ0n) is 17.9. The van der Waals surface area contributed by atoms with E-state index in [1.54, 1.807) is 0 Å². The molecule has 0 spiro atoms. The van der Waals surface area contributed by atoms with Crippen molar-refractivity contribution in [1.29, 1.82) is 0 Å². The van der Waals surface area contributed by atoms with Gasteiger partial charge in [0.15, 0.2) is 5.96 Å². The van der Waals surface area contributed by atoms with Crippen molar-refractivity contribution in [3.05, 3.63) is 0 Å². The number of carbonyl (C=O) groups excluding carboxylic acids is 1. The van der Waals surface area contributed by atoms with Crippen LogP contribution in [0.25, 0.3) is 0 Å². The fraction of sp³-hybridized carbons (Fsp3) is 0.905. The molecule has 28 heavy (non-hydrogen) atoms. The third-order valence-corrected chi connectivity index (χ3v) is 6.29. The van der Waals surface area contributed by atoms with Crippen molar-refractivity contribution >= 4 is 11.9 Å². The largest absolute Gasteiger partial charge is 0.378 e. The molecule has 1 N–H and O–H groups in total. The molecule has 160 valence electrons. The third kappa shape index (κ3) is 5.83. The van der Waals surface area contributed by atoms with Crippen LogP contribution in [0.5, 0.6) is 0 Å². The SMILES string of the molecule is CCNC(=NCCN1CCN(C(=O)C2CCC2)CC1)N1CCC(OCC)CC1. The predicted octanol–water partition coefficient (Wildman–Crippen LogP) is 1.40. The minimum absolute atomic E-state index is 0.325. The second-order valence-electron chi connectivity index (χ2n) is 8.17. The number of nitrogens with zero attached hydrogens (tertiary/aromatic N) is 4. The fourth-order valence-electron chi connectivity index (χ4n) is 4.30. The van der Waals surface area contributed by atoms with Crippen LogP contribution in [0.1, 0.15) is 46.0 Å². The lowest BCUT2D eigenvalue weighted by Gasteiger charge is -2.38. The molecule has 0 aromatic heterocycles. The maximum Gasteiger partial charge on any atom is 0.225 e. The molecule has 0 bridgehead atoms. The molecule has 3 rings (SSSR count). The number of piperidine rings is 1. The molecule has 7 nitrogen and oxygen atoms in total. The number of carbonyl (C=O) groups is 1. The molecular weight excluding hydrogens is 354 g/mol. The van der Waals surface area contributed by atoms with Gasteiger partial charge < -0.3 is 19.9 Å². The molecule has 3 aliphatic rings. The first kappa shape index (κ1) is 21.4. The summed E-state index contributed by atoms with van der Waals surface area (Å²) < 4.78 is 5.76. The fourth-order valence-corrected chi connectivity index (χ4v) is 4.30. The molecule has 1 saturated carbocycles. The Balaban J connectivity index is 1.39. The van der Waals surface area contributed by atoms with E-state index in [0.29, 0.717) is 17.9 Å². The summed E-state index contributed by atoms with van der Waals surface area (Å²) in [5.41, 5.74) is 0. The maximum atomic E-state index is 12.4. The van der Waals surface area contributed by atoms with Gasteiger partial charge in [-0.05, 0) is 39.5 Å². The van der Waals surface area contributed by atoms with Crippen LogP contribution >= 0.6 is 0 Å². The molecule has 0 unspecified atom stereocenters. The van der Waals surface area contributed by atoms with Crippen molar-refractivity contribution in [2.24, 2.45) is 10.9 Å². The highest BCUT2D eigenvalue weighted by atomic mass is 16.5. The first-order valence-corrected chi connectivity index (χ1v) is 11.4. The lowest BCUT2D eigenvalue weighted by molar-refractivity contribution is -0.139. The minimum atomic E-state index is 0.325. The van der Waals surface area contributed by atoms with Crippen molar-refractivity contribution in [3.8, 4) is 0 Å². The standard InChI is InChI=1S/C21H39N5O2/c1-3-22-21(26-11-8-19(9-12-26)28-4-2)23-10-13-24-14-16-25(17-15-24)20(27)18-6-5-7-18/h18-19H,3-17H2,1-2H3,(H,22,23). The van der Waals surface area contributed by atoms with Gasteiger partial charge in [0.1, 0.15) is 0 Å². The van der Waals surface area contributed by atoms with Gasteiger partial charge in [-0.2, -0.15) is 0 Å². The van der Waals surface area contributed by atoms with E-state index in [-0.39, 0.29) is 0 Å². The molecule has 2 aliphatic heterocycles. The topological polar surface area (TPSA) is 60.4 Å². The Morgan fingerprint density at radius 2 is 1.71 bits per heavy atom. The third-order valence-electron chi connectivity index (χ3n) is 6.29. The van der Waals surface area contributed by atoms with Gasteiger partial charge in [0.25, 0.3) is 0 Å². The molecule has 2 heterocycles. The number of guanidine groups is 1. The number of nitrogens with one attached hydrogen (secondary N) is 1. The molecule has 0 aromatic carbocycles. The maximum absolute atomic E-state index is 12.4. The van der Waals surface area contributed by atoms with E-state index in [4.69, 9.17) is 9.73 Å². The van der Waals surface area contributed by atoms with Crippen LogP contribution in [0.4, 0.5) is 0 Å². The number of rotatable bonds is 7. The van der Waals surface area contributed by atoms with Crippen LogP contribution < -0.4 is 5.32 Å². The summed E-state index contributed by atoms with van der Waals surface area (Å²) in [4.78, 5) is 24.1. The quantitative estimate of drug-likeness (QED) is 0.523. The lowest BCUT2D eigenvalue weighted by Crippen LogP contribution is -2.51. The monoisotopic (exact) mass is 393 g/mol. The van der Waals surface area contributed by atoms with Gasteiger partial charge in [-0.3, -0.25) is 14.7 Å². The summed E-state index contributed by atoms with van der Waals surface area (Å²) in [5, 5.41) is 3.45. The van der Waals surface area contributed by atoms with Crippen molar-refractivity contribution in [2.75, 3.05) is 65.5 Å². The van der Waals surface area contributed by atoms with E-state index in [1.165, 1.54) is 6.42 Å². The second-order valence-corrected chi connectivity index (χ2v) is 8.17. The molecule has 7 heteroatoms. The molecule has 0 aromatic rings. The van der Waals surface area contributed by atoms with Gasteiger partial charge in [-0.1, -0.05) is 6.42 Å². The van der Waals surface area contributed by atoms with Crippen molar-refractivity contribution in [2.45, 2.75) is 52.1 Å². The molecule has 2 saturated heterocycles. The van der Waals surface area contributed by atoms with E-state index < -0.39 is 0 Å². The first-order valence-electron chi connectivity index (χ1n) is 11.4. The summed E-state index contributed by atoms with van der Waals surface area (Å²) in [6, 6.07) is 0. The Morgan fingerprint density at radius 1 is 1.00 bits per heavy atom. The smallest absolute Gasteiger partial charge is 0.225 e. The summed E-state index contributed by atoms with van der Waals surface area (Å²) >= 11 is 0. The van der Waals surface area contributed by atoms with E-state index >= 15 is 0 Å². The van der Waals surface area contributed by atoms with Crippen LogP contribution in [-0.2, 0) is 9.53 Å². The number of likely N-dealkylation sites (tertiary alicyclic amines) is 1. The summed E-state index contributed by atoms with van der Waals surface area (Å²) in [6.45, 7) is 13.4. The highest BCUT2D eigenvalue weighted by Crippen LogP contribution is 2.28. The number of hydrogen-bond acceptors (Lipinski definition) is 4. The van der Waals surface area contributed by atoms with Crippen LogP contribution in [-0.4, -0.2) is 98.2 Å². The van der Waals surface area contributed by atoms with Crippen molar-refractivity contribution < 1.29 is 9.53 Å². The van der Waals surface area contributed by atoms with Crippen molar-refractivity contribution in [1.82, 2.24) is 20.0 Å². The van der Waals surface area contributed by atoms with Gasteiger partial charge in [0.05, 0.1) is 12.6 Å². The van der Waals surface area contributed by atoms with Crippen LogP contribution in [0.2, 0.25) is 0 Å². The van der Waals surface area contributed by atoms with Gasteiger partial charge in [0, 0.05) is 64.9 Å². The lowest BCUT2D eigenvalue weighted by atomic mass is 9.84. The van der Waals surface area contributed by atoms with Crippen molar-refractivity contribution in [3.63, 3.8) is 0 Å². The highest BCUT2D eigenvalue weighted by molar-refractivity contribution is 5.80. The zero-order chi connectivity index (χ0) is 19.8. The normalized spacial score (nSPS) is 23.0. The van der Waals surface area contributed by atoms with Gasteiger partial charge in [0.2, 0.25) is 5.91 Å². The Kier molecular flexibility index (Phi) is 8.40. The molecule has 1 amide bonds. The second kappa shape index (κ2) is 11.0. The number of piperazine rings is 1. The molecule has 0 radical (unpaired) electrons. The number of ether oxygens (including phenoxy) is 1. The first-order chi connectivity index (χ1) is 13.7. The van der Waals surface area contributed by atoms with Crippen LogP contribution in [0, 0.1) is 5.92 Å². The molecule has 0 atom stereocenters. The average Bonchev–Trinajstić information content (AvgIpc) is 2.67. The summed E-state index contributed by atoms with van der Waals surface area (Å²) in [5.74, 6) is 1.76. The molecule has 1 aliphatic carbocycles. The average molecular weight is 394 g/mol.